The van der Waals surface area contributed by atoms with Crippen LogP contribution in [0.4, 0.5) is 0 Å². The molecule has 0 radical (unpaired) electrons. The minimum Gasteiger partial charge on any atom is -0.504 e. The first-order valence-corrected chi connectivity index (χ1v) is 15.3. The van der Waals surface area contributed by atoms with Crippen molar-refractivity contribution in [3.8, 4) is 11.5 Å². The number of ketones is 1. The molecular formula is C33H52O4. The lowest BCUT2D eigenvalue weighted by Gasteiger charge is -2.26. The Balaban J connectivity index is 1.78. The molecule has 1 aromatic rings. The highest BCUT2D eigenvalue weighted by Gasteiger charge is 2.24. The van der Waals surface area contributed by atoms with E-state index >= 15 is 0 Å². The molecule has 0 bridgehead atoms. The minimum atomic E-state index is 0.165. The van der Waals surface area contributed by atoms with Crippen LogP contribution in [0.3, 0.4) is 0 Å². The van der Waals surface area contributed by atoms with E-state index in [0.29, 0.717) is 36.4 Å². The molecule has 2 aliphatic rings. The third-order valence-corrected chi connectivity index (χ3v) is 8.08. The van der Waals surface area contributed by atoms with Crippen LogP contribution in [-0.2, 0) is 16.0 Å². The van der Waals surface area contributed by atoms with E-state index in [1.54, 1.807) is 6.08 Å². The average Bonchev–Trinajstić information content (AvgIpc) is 3.40. The molecule has 208 valence electrons. The van der Waals surface area contributed by atoms with Crippen LogP contribution in [0.1, 0.15) is 134 Å². The number of phenols is 1. The quantitative estimate of drug-likeness (QED) is 0.225. The average molecular weight is 513 g/mol. The molecule has 0 heterocycles. The van der Waals surface area contributed by atoms with Crippen molar-refractivity contribution < 1.29 is 19.4 Å². The summed E-state index contributed by atoms with van der Waals surface area (Å²) in [5.74, 6) is 1.90. The molecule has 2 saturated carbocycles. The highest BCUT2D eigenvalue weighted by atomic mass is 16.5. The third-order valence-electron chi connectivity index (χ3n) is 8.08. The molecule has 3 rings (SSSR count). The molecule has 2 aliphatic carbocycles. The van der Waals surface area contributed by atoms with Crippen LogP contribution in [0, 0.1) is 5.92 Å². The van der Waals surface area contributed by atoms with Gasteiger partial charge in [-0.05, 0) is 93.7 Å². The molecule has 2 fully saturated rings. The molecule has 0 aromatic heterocycles. The number of hydrogen-bond acceptors (Lipinski definition) is 4. The van der Waals surface area contributed by atoms with E-state index in [2.05, 4.69) is 26.8 Å². The Labute approximate surface area is 226 Å². The number of ether oxygens (including phenoxy) is 2. The van der Waals surface area contributed by atoms with Crippen molar-refractivity contribution in [2.24, 2.45) is 5.92 Å². The van der Waals surface area contributed by atoms with Gasteiger partial charge in [-0.15, -0.1) is 0 Å². The molecule has 0 amide bonds. The van der Waals surface area contributed by atoms with E-state index in [-0.39, 0.29) is 17.8 Å². The van der Waals surface area contributed by atoms with Crippen molar-refractivity contribution in [2.45, 2.75) is 142 Å². The molecule has 0 aliphatic heterocycles. The minimum absolute atomic E-state index is 0.165. The normalized spacial score (nSPS) is 18.2. The van der Waals surface area contributed by atoms with Gasteiger partial charge in [0.1, 0.15) is 0 Å². The maximum Gasteiger partial charge on any atom is 0.161 e. The summed E-state index contributed by atoms with van der Waals surface area (Å²) in [6.45, 7) is 7.38. The topological polar surface area (TPSA) is 55.8 Å². The summed E-state index contributed by atoms with van der Waals surface area (Å²) in [5, 5.41) is 11.4. The molecule has 1 atom stereocenters. The summed E-state index contributed by atoms with van der Waals surface area (Å²) in [5.41, 5.74) is 2.06. The van der Waals surface area contributed by atoms with Gasteiger partial charge in [-0.25, -0.2) is 0 Å². The van der Waals surface area contributed by atoms with Gasteiger partial charge >= 0.3 is 0 Å². The maximum atomic E-state index is 12.4. The fourth-order valence-electron chi connectivity index (χ4n) is 5.75. The molecular weight excluding hydrogens is 460 g/mol. The fourth-order valence-corrected chi connectivity index (χ4v) is 5.75. The zero-order valence-corrected chi connectivity index (χ0v) is 23.8. The number of unbranched alkanes of at least 4 members (excludes halogenated alkanes) is 1. The number of phenolic OH excluding ortho intramolecular Hbond substituents is 1. The van der Waals surface area contributed by atoms with Gasteiger partial charge in [0, 0.05) is 18.6 Å². The SMILES string of the molecule is CCCC=CC(=O)CCc1cc(OC2CCCC2)c(O)c([C@H](CCOC2CCCCC2)CCC(C)C)c1. The summed E-state index contributed by atoms with van der Waals surface area (Å²) in [6, 6.07) is 4.13. The van der Waals surface area contributed by atoms with E-state index in [9.17, 15) is 9.90 Å². The van der Waals surface area contributed by atoms with E-state index in [1.807, 2.05) is 12.1 Å². The number of benzene rings is 1. The first kappa shape index (κ1) is 29.7. The second-order valence-corrected chi connectivity index (χ2v) is 11.8. The molecule has 37 heavy (non-hydrogen) atoms. The van der Waals surface area contributed by atoms with E-state index in [0.717, 1.165) is 62.7 Å². The van der Waals surface area contributed by atoms with Gasteiger partial charge < -0.3 is 14.6 Å². The Morgan fingerprint density at radius 2 is 1.70 bits per heavy atom. The Hall–Kier alpha value is -1.81. The lowest BCUT2D eigenvalue weighted by Crippen LogP contribution is -2.18. The van der Waals surface area contributed by atoms with Gasteiger partial charge in [0.05, 0.1) is 12.2 Å². The molecule has 1 N–H and O–H groups in total. The number of hydrogen-bond donors (Lipinski definition) is 1. The van der Waals surface area contributed by atoms with Crippen LogP contribution in [0.15, 0.2) is 24.3 Å². The first-order valence-electron chi connectivity index (χ1n) is 15.3. The second-order valence-electron chi connectivity index (χ2n) is 11.8. The van der Waals surface area contributed by atoms with Gasteiger partial charge in [-0.2, -0.15) is 0 Å². The molecule has 0 spiro atoms. The highest BCUT2D eigenvalue weighted by Crippen LogP contribution is 2.41. The Kier molecular flexibility index (Phi) is 13.0. The highest BCUT2D eigenvalue weighted by molar-refractivity contribution is 5.89. The van der Waals surface area contributed by atoms with Gasteiger partial charge in [-0.1, -0.05) is 65.0 Å². The largest absolute Gasteiger partial charge is 0.504 e. The number of allylic oxidation sites excluding steroid dienone is 2. The van der Waals surface area contributed by atoms with Crippen LogP contribution < -0.4 is 4.74 Å². The molecule has 1 aromatic carbocycles. The predicted octanol–water partition coefficient (Wildman–Crippen LogP) is 8.83. The van der Waals surface area contributed by atoms with E-state index < -0.39 is 0 Å². The zero-order valence-electron chi connectivity index (χ0n) is 23.8. The molecule has 0 saturated heterocycles. The number of carbonyl (C=O) groups excluding carboxylic acids is 1. The van der Waals surface area contributed by atoms with Crippen molar-refractivity contribution in [1.82, 2.24) is 0 Å². The molecule has 4 nitrogen and oxygen atoms in total. The lowest BCUT2D eigenvalue weighted by molar-refractivity contribution is -0.114. The van der Waals surface area contributed by atoms with Crippen LogP contribution >= 0.6 is 0 Å². The van der Waals surface area contributed by atoms with Gasteiger partial charge in [0.2, 0.25) is 0 Å². The van der Waals surface area contributed by atoms with Crippen LogP contribution in [0.25, 0.3) is 0 Å². The second kappa shape index (κ2) is 16.2. The van der Waals surface area contributed by atoms with Crippen molar-refractivity contribution in [3.63, 3.8) is 0 Å². The van der Waals surface area contributed by atoms with Gasteiger partial charge in [-0.3, -0.25) is 4.79 Å². The van der Waals surface area contributed by atoms with Crippen molar-refractivity contribution >= 4 is 5.78 Å². The summed E-state index contributed by atoms with van der Waals surface area (Å²) >= 11 is 0. The summed E-state index contributed by atoms with van der Waals surface area (Å²) < 4.78 is 12.7. The predicted molar refractivity (Wildman–Crippen MR) is 153 cm³/mol. The Morgan fingerprint density at radius 1 is 1.00 bits per heavy atom. The third kappa shape index (κ3) is 10.5. The molecule has 0 unspecified atom stereocenters. The number of aromatic hydroxyl groups is 1. The number of rotatable bonds is 16. The molecule has 4 heteroatoms. The van der Waals surface area contributed by atoms with Crippen LogP contribution in [0.2, 0.25) is 0 Å². The number of carbonyl (C=O) groups is 1. The summed E-state index contributed by atoms with van der Waals surface area (Å²) in [4.78, 5) is 12.4. The number of aryl methyl sites for hydroxylation is 1. The summed E-state index contributed by atoms with van der Waals surface area (Å²) in [7, 11) is 0. The van der Waals surface area contributed by atoms with Crippen molar-refractivity contribution in [3.05, 3.63) is 35.4 Å². The van der Waals surface area contributed by atoms with Crippen molar-refractivity contribution in [1.29, 1.82) is 0 Å². The standard InChI is InChI=1S/C33H52O4/c1-4-5-7-12-28(34)20-18-26-23-31(33(35)32(24-26)37-30-15-10-11-16-30)27(19-17-25(2)3)21-22-36-29-13-8-6-9-14-29/h7,12,23-25,27,29-30,35H,4-6,8-11,13-22H2,1-3H3/t27-/m0/s1. The fraction of sp³-hybridized carbons (Fsp3) is 0.727. The Bertz CT molecular complexity index is 831. The van der Waals surface area contributed by atoms with Crippen LogP contribution in [0.5, 0.6) is 11.5 Å². The van der Waals surface area contributed by atoms with Crippen LogP contribution in [-0.4, -0.2) is 29.7 Å². The smallest absolute Gasteiger partial charge is 0.161 e. The monoisotopic (exact) mass is 512 g/mol. The van der Waals surface area contributed by atoms with Gasteiger partial charge in [0.15, 0.2) is 17.3 Å². The van der Waals surface area contributed by atoms with Gasteiger partial charge in [0.25, 0.3) is 0 Å². The zero-order chi connectivity index (χ0) is 26.5. The Morgan fingerprint density at radius 3 is 2.41 bits per heavy atom. The van der Waals surface area contributed by atoms with E-state index in [4.69, 9.17) is 9.47 Å². The summed E-state index contributed by atoms with van der Waals surface area (Å²) in [6.07, 6.45) is 21.2. The maximum absolute atomic E-state index is 12.4. The van der Waals surface area contributed by atoms with Crippen molar-refractivity contribution in [2.75, 3.05) is 6.61 Å². The first-order chi connectivity index (χ1) is 18.0. The lowest BCUT2D eigenvalue weighted by atomic mass is 9.86. The van der Waals surface area contributed by atoms with E-state index in [1.165, 1.54) is 44.9 Å².